The number of aliphatic hydroxyl groups is 1. The van der Waals surface area contributed by atoms with Gasteiger partial charge in [0, 0.05) is 35.7 Å². The lowest BCUT2D eigenvalue weighted by atomic mass is 9.92. The number of aromatic nitrogens is 4. The quantitative estimate of drug-likeness (QED) is 0.256. The standard InChI is InChI=1S/C28H34FN7O4/c1-14(2)21(13-37)31-26-30-12-16-9-18(25(38)36(7)24(16)34-26)17-10-20(19(29)8-15(17)3)32-27(39)33-23-11-22(35-40-23)28(4,5)6/h8-12,14,21,37H,13H2,1-7H3,(H,30,31,34)(H2,32,33,39)/t21-/m1/s1. The van der Waals surface area contributed by atoms with Crippen molar-refractivity contribution in [3.8, 4) is 11.1 Å². The number of rotatable bonds is 7. The van der Waals surface area contributed by atoms with Crippen molar-refractivity contribution in [2.75, 3.05) is 22.6 Å². The zero-order valence-corrected chi connectivity index (χ0v) is 23.6. The summed E-state index contributed by atoms with van der Waals surface area (Å²) < 4.78 is 21.4. The van der Waals surface area contributed by atoms with Gasteiger partial charge >= 0.3 is 6.03 Å². The predicted octanol–water partition coefficient (Wildman–Crippen LogP) is 4.80. The molecule has 0 aliphatic rings. The summed E-state index contributed by atoms with van der Waals surface area (Å²) in [5, 5.41) is 22.2. The highest BCUT2D eigenvalue weighted by atomic mass is 19.1. The van der Waals surface area contributed by atoms with Gasteiger partial charge in [-0.05, 0) is 42.2 Å². The van der Waals surface area contributed by atoms with Crippen LogP contribution in [0, 0.1) is 18.7 Å². The molecule has 0 saturated carbocycles. The van der Waals surface area contributed by atoms with E-state index in [4.69, 9.17) is 4.52 Å². The van der Waals surface area contributed by atoms with Crippen LogP contribution in [0.25, 0.3) is 22.2 Å². The normalized spacial score (nSPS) is 12.6. The lowest BCUT2D eigenvalue weighted by molar-refractivity contribution is 0.248. The number of hydrogen-bond donors (Lipinski definition) is 4. The van der Waals surface area contributed by atoms with Crippen LogP contribution in [-0.2, 0) is 12.5 Å². The van der Waals surface area contributed by atoms with Crippen molar-refractivity contribution in [1.29, 1.82) is 0 Å². The number of nitrogens with one attached hydrogen (secondary N) is 3. The molecule has 0 fully saturated rings. The van der Waals surface area contributed by atoms with E-state index >= 15 is 0 Å². The molecule has 4 aromatic rings. The molecule has 0 saturated heterocycles. The third-order valence-electron chi connectivity index (χ3n) is 6.63. The van der Waals surface area contributed by atoms with Crippen molar-refractivity contribution >= 4 is 34.6 Å². The van der Waals surface area contributed by atoms with Crippen LogP contribution in [0.15, 0.2) is 39.8 Å². The number of nitrogens with zero attached hydrogens (tertiary/aromatic N) is 4. The van der Waals surface area contributed by atoms with Crippen LogP contribution in [-0.4, -0.2) is 43.5 Å². The molecule has 3 aromatic heterocycles. The van der Waals surface area contributed by atoms with E-state index in [-0.39, 0.29) is 41.1 Å². The molecule has 3 heterocycles. The number of anilines is 3. The summed E-state index contributed by atoms with van der Waals surface area (Å²) >= 11 is 0. The molecule has 0 bridgehead atoms. The number of hydrogen-bond acceptors (Lipinski definition) is 8. The first-order chi connectivity index (χ1) is 18.8. The maximum Gasteiger partial charge on any atom is 0.326 e. The molecule has 2 amide bonds. The summed E-state index contributed by atoms with van der Waals surface area (Å²) in [4.78, 5) is 34.8. The van der Waals surface area contributed by atoms with Crippen molar-refractivity contribution in [3.05, 3.63) is 57.9 Å². The van der Waals surface area contributed by atoms with E-state index in [9.17, 15) is 19.1 Å². The minimum Gasteiger partial charge on any atom is -0.394 e. The van der Waals surface area contributed by atoms with Gasteiger partial charge in [0.2, 0.25) is 11.8 Å². The van der Waals surface area contributed by atoms with Crippen LogP contribution in [0.5, 0.6) is 0 Å². The Morgan fingerprint density at radius 3 is 2.50 bits per heavy atom. The maximum atomic E-state index is 14.9. The molecule has 0 spiro atoms. The monoisotopic (exact) mass is 551 g/mol. The van der Waals surface area contributed by atoms with Gasteiger partial charge in [-0.15, -0.1) is 0 Å². The van der Waals surface area contributed by atoms with E-state index in [1.165, 1.54) is 16.7 Å². The molecule has 4 N–H and O–H groups in total. The Bertz CT molecular complexity index is 1620. The highest BCUT2D eigenvalue weighted by Gasteiger charge is 2.21. The molecule has 12 heteroatoms. The Balaban J connectivity index is 1.65. The lowest BCUT2D eigenvalue weighted by Gasteiger charge is -2.20. The number of aliphatic hydroxyl groups excluding tert-OH is 1. The second-order valence-electron chi connectivity index (χ2n) is 11.1. The molecule has 40 heavy (non-hydrogen) atoms. The maximum absolute atomic E-state index is 14.9. The van der Waals surface area contributed by atoms with E-state index in [0.29, 0.717) is 39.4 Å². The smallest absolute Gasteiger partial charge is 0.326 e. The Hall–Kier alpha value is -4.32. The van der Waals surface area contributed by atoms with Crippen molar-refractivity contribution < 1.29 is 18.8 Å². The fourth-order valence-corrected chi connectivity index (χ4v) is 4.11. The number of urea groups is 1. The van der Waals surface area contributed by atoms with E-state index in [2.05, 4.69) is 31.1 Å². The summed E-state index contributed by atoms with van der Waals surface area (Å²) in [6, 6.07) is 4.94. The molecule has 1 aromatic carbocycles. The van der Waals surface area contributed by atoms with Gasteiger partial charge in [0.25, 0.3) is 5.56 Å². The fraction of sp³-hybridized carbons (Fsp3) is 0.393. The Kier molecular flexibility index (Phi) is 7.92. The average Bonchev–Trinajstić information content (AvgIpc) is 3.35. The molecule has 0 unspecified atom stereocenters. The van der Waals surface area contributed by atoms with Crippen LogP contribution >= 0.6 is 0 Å². The van der Waals surface area contributed by atoms with Gasteiger partial charge in [0.15, 0.2) is 0 Å². The third-order valence-corrected chi connectivity index (χ3v) is 6.63. The first-order valence-electron chi connectivity index (χ1n) is 12.9. The molecule has 4 rings (SSSR count). The Labute approximate surface area is 230 Å². The van der Waals surface area contributed by atoms with Crippen molar-refractivity contribution in [1.82, 2.24) is 19.7 Å². The summed E-state index contributed by atoms with van der Waals surface area (Å²) in [6.07, 6.45) is 1.58. The molecular weight excluding hydrogens is 517 g/mol. The first kappa shape index (κ1) is 28.7. The minimum absolute atomic E-state index is 0.0917. The van der Waals surface area contributed by atoms with Crippen molar-refractivity contribution in [3.63, 3.8) is 0 Å². The highest BCUT2D eigenvalue weighted by Crippen LogP contribution is 2.29. The molecule has 1 atom stereocenters. The Morgan fingerprint density at radius 1 is 1.15 bits per heavy atom. The van der Waals surface area contributed by atoms with Gasteiger partial charge in [0.05, 0.1) is 24.0 Å². The number of carbonyl (C=O) groups is 1. The summed E-state index contributed by atoms with van der Waals surface area (Å²) in [5.41, 5.74) is 1.54. The number of pyridine rings is 1. The van der Waals surface area contributed by atoms with Crippen LogP contribution in [0.2, 0.25) is 0 Å². The summed E-state index contributed by atoms with van der Waals surface area (Å²) in [5.74, 6) is -0.117. The second kappa shape index (κ2) is 11.0. The number of fused-ring (bicyclic) bond motifs is 1. The van der Waals surface area contributed by atoms with Gasteiger partial charge in [0.1, 0.15) is 11.5 Å². The lowest BCUT2D eigenvalue weighted by Crippen LogP contribution is -2.30. The molecular formula is C28H34FN7O4. The summed E-state index contributed by atoms with van der Waals surface area (Å²) in [6.45, 7) is 11.4. The minimum atomic E-state index is -0.729. The van der Waals surface area contributed by atoms with Crippen molar-refractivity contribution in [2.45, 2.75) is 53.0 Å². The van der Waals surface area contributed by atoms with Gasteiger partial charge in [-0.2, -0.15) is 4.98 Å². The number of halogens is 1. The molecule has 11 nitrogen and oxygen atoms in total. The largest absolute Gasteiger partial charge is 0.394 e. The zero-order valence-electron chi connectivity index (χ0n) is 23.6. The van der Waals surface area contributed by atoms with Gasteiger partial charge < -0.3 is 20.3 Å². The number of amides is 2. The number of aryl methyl sites for hydroxylation is 2. The molecule has 0 aliphatic heterocycles. The zero-order chi connectivity index (χ0) is 29.4. The van der Waals surface area contributed by atoms with Crippen LogP contribution in [0.4, 0.5) is 26.7 Å². The van der Waals surface area contributed by atoms with Crippen LogP contribution < -0.4 is 21.5 Å². The predicted molar refractivity (Wildman–Crippen MR) is 152 cm³/mol. The number of benzene rings is 1. The summed E-state index contributed by atoms with van der Waals surface area (Å²) in [7, 11) is 1.59. The molecule has 0 radical (unpaired) electrons. The van der Waals surface area contributed by atoms with E-state index in [1.807, 2.05) is 34.6 Å². The SMILES string of the molecule is Cc1cc(F)c(NC(=O)Nc2cc(C(C)(C)C)no2)cc1-c1cc2cnc(N[C@H](CO)C(C)C)nc2n(C)c1=O. The second-order valence-corrected chi connectivity index (χ2v) is 11.1. The van der Waals surface area contributed by atoms with Crippen LogP contribution in [0.1, 0.15) is 45.9 Å². The van der Waals surface area contributed by atoms with Crippen molar-refractivity contribution in [2.24, 2.45) is 13.0 Å². The van der Waals surface area contributed by atoms with Crippen LogP contribution in [0.3, 0.4) is 0 Å². The first-order valence-corrected chi connectivity index (χ1v) is 12.9. The highest BCUT2D eigenvalue weighted by molar-refractivity contribution is 5.99. The van der Waals surface area contributed by atoms with E-state index < -0.39 is 11.8 Å². The topological polar surface area (TPSA) is 147 Å². The molecule has 0 aliphatic carbocycles. The van der Waals surface area contributed by atoms with E-state index in [0.717, 1.165) is 0 Å². The van der Waals surface area contributed by atoms with Gasteiger partial charge in [-0.1, -0.05) is 39.8 Å². The van der Waals surface area contributed by atoms with E-state index in [1.54, 1.807) is 32.3 Å². The average molecular weight is 552 g/mol. The van der Waals surface area contributed by atoms with Gasteiger partial charge in [-0.25, -0.2) is 14.2 Å². The Morgan fingerprint density at radius 2 is 1.88 bits per heavy atom. The number of carbonyl (C=O) groups excluding carboxylic acids is 1. The third kappa shape index (κ3) is 5.96. The van der Waals surface area contributed by atoms with Gasteiger partial charge in [-0.3, -0.25) is 14.7 Å². The molecule has 212 valence electrons. The fourth-order valence-electron chi connectivity index (χ4n) is 4.11.